The lowest BCUT2D eigenvalue weighted by molar-refractivity contribution is 0.755. The Balaban J connectivity index is 2.62. The molecule has 0 fully saturated rings. The average Bonchev–Trinajstić information content (AvgIpc) is 2.58. The van der Waals surface area contributed by atoms with E-state index in [2.05, 4.69) is 49.2 Å². The third kappa shape index (κ3) is 1.93. The first-order valence-electron chi connectivity index (χ1n) is 5.35. The van der Waals surface area contributed by atoms with Crippen LogP contribution in [0.1, 0.15) is 18.1 Å². The highest BCUT2D eigenvalue weighted by Gasteiger charge is 2.07. The second-order valence-electron chi connectivity index (χ2n) is 3.97. The summed E-state index contributed by atoms with van der Waals surface area (Å²) < 4.78 is 2.68. The van der Waals surface area contributed by atoms with Crippen LogP contribution in [0.15, 0.2) is 18.2 Å². The Morgan fingerprint density at radius 2 is 1.88 bits per heavy atom. The van der Waals surface area contributed by atoms with Crippen LogP contribution in [0.4, 0.5) is 0 Å². The molecule has 0 bridgehead atoms. The zero-order valence-electron chi connectivity index (χ0n) is 9.74. The van der Waals surface area contributed by atoms with Crippen molar-refractivity contribution in [2.75, 3.05) is 0 Å². The fraction of sp³-hybridized carbons (Fsp3) is 0.333. The molecule has 0 saturated heterocycles. The molecule has 0 saturated carbocycles. The summed E-state index contributed by atoms with van der Waals surface area (Å²) >= 11 is 5.18. The Morgan fingerprint density at radius 1 is 1.25 bits per heavy atom. The number of hydrogen-bond acceptors (Lipinski definition) is 2. The summed E-state index contributed by atoms with van der Waals surface area (Å²) in [6, 6.07) is 6.41. The highest BCUT2D eigenvalue weighted by atomic mass is 32.1. The van der Waals surface area contributed by atoms with Crippen molar-refractivity contribution >= 4 is 12.2 Å². The Bertz CT molecular complexity index is 546. The molecule has 1 heterocycles. The topological polar surface area (TPSA) is 33.6 Å². The molecule has 0 atom stereocenters. The van der Waals surface area contributed by atoms with E-state index in [-0.39, 0.29) is 0 Å². The molecule has 3 nitrogen and oxygen atoms in total. The fourth-order valence-corrected chi connectivity index (χ4v) is 2.20. The summed E-state index contributed by atoms with van der Waals surface area (Å²) in [5.41, 5.74) is 3.60. The molecule has 0 spiro atoms. The molecular formula is C12H15N3S. The number of hydrogen-bond donors (Lipinski definition) is 1. The van der Waals surface area contributed by atoms with E-state index >= 15 is 0 Å². The second kappa shape index (κ2) is 4.22. The third-order valence-electron chi connectivity index (χ3n) is 2.55. The van der Waals surface area contributed by atoms with Crippen molar-refractivity contribution < 1.29 is 0 Å². The van der Waals surface area contributed by atoms with Gasteiger partial charge in [0.15, 0.2) is 10.6 Å². The molecule has 0 amide bonds. The second-order valence-corrected chi connectivity index (χ2v) is 4.36. The lowest BCUT2D eigenvalue weighted by Crippen LogP contribution is -1.98. The minimum absolute atomic E-state index is 0.677. The standard InChI is InChI=1S/C12H15N3S/c1-4-15-11(13-14-12(15)16)10-6-8(2)5-9(3)7-10/h5-7H,4H2,1-3H3,(H,14,16). The van der Waals surface area contributed by atoms with Crippen molar-refractivity contribution in [1.82, 2.24) is 14.8 Å². The van der Waals surface area contributed by atoms with Gasteiger partial charge in [0.1, 0.15) is 0 Å². The highest BCUT2D eigenvalue weighted by molar-refractivity contribution is 7.71. The van der Waals surface area contributed by atoms with Gasteiger partial charge in [-0.05, 0) is 45.1 Å². The van der Waals surface area contributed by atoms with Crippen molar-refractivity contribution in [2.24, 2.45) is 0 Å². The molecule has 0 radical (unpaired) electrons. The van der Waals surface area contributed by atoms with Gasteiger partial charge in [0.05, 0.1) is 0 Å². The van der Waals surface area contributed by atoms with Gasteiger partial charge >= 0.3 is 0 Å². The van der Waals surface area contributed by atoms with Gasteiger partial charge in [0.25, 0.3) is 0 Å². The van der Waals surface area contributed by atoms with E-state index in [1.165, 1.54) is 11.1 Å². The van der Waals surface area contributed by atoms with Gasteiger partial charge in [-0.2, -0.15) is 5.10 Å². The van der Waals surface area contributed by atoms with E-state index < -0.39 is 0 Å². The number of nitrogens with one attached hydrogen (secondary N) is 1. The molecule has 4 heteroatoms. The summed E-state index contributed by atoms with van der Waals surface area (Å²) in [6.45, 7) is 7.08. The van der Waals surface area contributed by atoms with E-state index in [0.29, 0.717) is 4.77 Å². The lowest BCUT2D eigenvalue weighted by Gasteiger charge is -2.05. The maximum Gasteiger partial charge on any atom is 0.195 e. The van der Waals surface area contributed by atoms with Crippen LogP contribution in [0.3, 0.4) is 0 Å². The van der Waals surface area contributed by atoms with Gasteiger partial charge in [-0.1, -0.05) is 17.2 Å². The van der Waals surface area contributed by atoms with Crippen LogP contribution in [-0.4, -0.2) is 14.8 Å². The van der Waals surface area contributed by atoms with Crippen molar-refractivity contribution in [3.8, 4) is 11.4 Å². The summed E-state index contributed by atoms with van der Waals surface area (Å²) in [6.07, 6.45) is 0. The largest absolute Gasteiger partial charge is 0.300 e. The smallest absolute Gasteiger partial charge is 0.195 e. The van der Waals surface area contributed by atoms with E-state index in [1.807, 2.05) is 4.57 Å². The van der Waals surface area contributed by atoms with E-state index in [1.54, 1.807) is 0 Å². The molecule has 1 N–H and O–H groups in total. The van der Waals surface area contributed by atoms with Crippen LogP contribution in [0.2, 0.25) is 0 Å². The van der Waals surface area contributed by atoms with Crippen molar-refractivity contribution in [1.29, 1.82) is 0 Å². The van der Waals surface area contributed by atoms with Gasteiger partial charge in [-0.25, -0.2) is 0 Å². The van der Waals surface area contributed by atoms with Crippen LogP contribution in [-0.2, 0) is 6.54 Å². The summed E-state index contributed by atoms with van der Waals surface area (Å²) in [4.78, 5) is 0. The van der Waals surface area contributed by atoms with Gasteiger partial charge in [0, 0.05) is 12.1 Å². The minimum atomic E-state index is 0.677. The van der Waals surface area contributed by atoms with Crippen molar-refractivity contribution in [3.63, 3.8) is 0 Å². The average molecular weight is 233 g/mol. The maximum absolute atomic E-state index is 5.18. The number of aromatic nitrogens is 3. The Kier molecular flexibility index (Phi) is 2.92. The summed E-state index contributed by atoms with van der Waals surface area (Å²) in [5, 5.41) is 7.13. The van der Waals surface area contributed by atoms with Gasteiger partial charge in [-0.15, -0.1) is 0 Å². The minimum Gasteiger partial charge on any atom is -0.300 e. The van der Waals surface area contributed by atoms with Crippen LogP contribution < -0.4 is 0 Å². The first-order chi connectivity index (χ1) is 7.61. The molecule has 1 aromatic heterocycles. The molecule has 2 aromatic rings. The number of nitrogens with zero attached hydrogens (tertiary/aromatic N) is 2. The predicted octanol–water partition coefficient (Wildman–Crippen LogP) is 3.24. The monoisotopic (exact) mass is 233 g/mol. The zero-order valence-corrected chi connectivity index (χ0v) is 10.6. The summed E-state index contributed by atoms with van der Waals surface area (Å²) in [7, 11) is 0. The lowest BCUT2D eigenvalue weighted by atomic mass is 10.1. The van der Waals surface area contributed by atoms with Crippen LogP contribution >= 0.6 is 12.2 Å². The first kappa shape index (κ1) is 11.1. The Morgan fingerprint density at radius 3 is 2.44 bits per heavy atom. The molecule has 0 aliphatic rings. The SMILES string of the molecule is CCn1c(-c2cc(C)cc(C)c2)n[nH]c1=S. The number of H-pyrrole nitrogens is 1. The van der Waals surface area contributed by atoms with Crippen LogP contribution in [0, 0.1) is 18.6 Å². The molecule has 0 aliphatic carbocycles. The van der Waals surface area contributed by atoms with E-state index in [4.69, 9.17) is 12.2 Å². The fourth-order valence-electron chi connectivity index (χ4n) is 1.94. The molecule has 0 aliphatic heterocycles. The van der Waals surface area contributed by atoms with Crippen molar-refractivity contribution in [3.05, 3.63) is 34.1 Å². The quantitative estimate of drug-likeness (QED) is 0.808. The van der Waals surface area contributed by atoms with Crippen LogP contribution in [0.25, 0.3) is 11.4 Å². The number of aryl methyl sites for hydroxylation is 2. The molecule has 16 heavy (non-hydrogen) atoms. The maximum atomic E-state index is 5.18. The third-order valence-corrected chi connectivity index (χ3v) is 2.87. The first-order valence-corrected chi connectivity index (χ1v) is 5.76. The van der Waals surface area contributed by atoms with E-state index in [0.717, 1.165) is 17.9 Å². The summed E-state index contributed by atoms with van der Waals surface area (Å²) in [5.74, 6) is 0.916. The van der Waals surface area contributed by atoms with E-state index in [9.17, 15) is 0 Å². The number of rotatable bonds is 2. The van der Waals surface area contributed by atoms with Gasteiger partial charge in [-0.3, -0.25) is 5.10 Å². The Hall–Kier alpha value is -1.42. The zero-order chi connectivity index (χ0) is 11.7. The van der Waals surface area contributed by atoms with Gasteiger partial charge < -0.3 is 4.57 Å². The number of benzene rings is 1. The molecule has 2 rings (SSSR count). The van der Waals surface area contributed by atoms with Gasteiger partial charge in [0.2, 0.25) is 0 Å². The molecule has 0 unspecified atom stereocenters. The molecular weight excluding hydrogens is 218 g/mol. The normalized spacial score (nSPS) is 10.7. The van der Waals surface area contributed by atoms with Crippen molar-refractivity contribution in [2.45, 2.75) is 27.3 Å². The highest BCUT2D eigenvalue weighted by Crippen LogP contribution is 2.20. The predicted molar refractivity (Wildman–Crippen MR) is 68.0 cm³/mol. The van der Waals surface area contributed by atoms with Crippen LogP contribution in [0.5, 0.6) is 0 Å². The molecule has 84 valence electrons. The Labute approximate surface area is 100 Å². The molecule has 1 aromatic carbocycles. The number of aromatic amines is 1.